The lowest BCUT2D eigenvalue weighted by Crippen LogP contribution is -2.48. The summed E-state index contributed by atoms with van der Waals surface area (Å²) in [6.07, 6.45) is 1.93. The van der Waals surface area contributed by atoms with E-state index in [1.165, 1.54) is 9.87 Å². The molecule has 2 aromatic rings. The van der Waals surface area contributed by atoms with Crippen LogP contribution in [-0.2, 0) is 21.3 Å². The minimum absolute atomic E-state index is 0.315. The lowest BCUT2D eigenvalue weighted by molar-refractivity contribution is 0.0730. The van der Waals surface area contributed by atoms with Crippen LogP contribution in [0.1, 0.15) is 19.4 Å². The fourth-order valence-corrected chi connectivity index (χ4v) is 5.53. The zero-order chi connectivity index (χ0) is 21.8. The summed E-state index contributed by atoms with van der Waals surface area (Å²) >= 11 is 0. The van der Waals surface area contributed by atoms with Gasteiger partial charge in [0.2, 0.25) is 10.0 Å². The van der Waals surface area contributed by atoms with Crippen LogP contribution in [-0.4, -0.2) is 86.0 Å². The molecule has 168 valence electrons. The largest absolute Gasteiger partial charge is 0.379 e. The lowest BCUT2D eigenvalue weighted by Gasteiger charge is -2.36. The zero-order valence-corrected chi connectivity index (χ0v) is 19.2. The Hall–Kier alpha value is -1.84. The van der Waals surface area contributed by atoms with E-state index in [0.29, 0.717) is 37.2 Å². The highest BCUT2D eigenvalue weighted by Crippen LogP contribution is 2.23. The molecular weight excluding hydrogens is 412 g/mol. The third-order valence-electron chi connectivity index (χ3n) is 6.13. The summed E-state index contributed by atoms with van der Waals surface area (Å²) in [7, 11) is -3.47. The fourth-order valence-electron chi connectivity index (χ4n) is 4.12. The van der Waals surface area contributed by atoms with Crippen molar-refractivity contribution < 1.29 is 13.2 Å². The second-order valence-corrected chi connectivity index (χ2v) is 10.4. The van der Waals surface area contributed by atoms with E-state index in [0.717, 1.165) is 44.0 Å². The summed E-state index contributed by atoms with van der Waals surface area (Å²) < 4.78 is 32.3. The maximum atomic E-state index is 12.8. The lowest BCUT2D eigenvalue weighted by atomic mass is 10.1. The summed E-state index contributed by atoms with van der Waals surface area (Å²) in [5, 5.41) is 0. The van der Waals surface area contributed by atoms with Crippen LogP contribution in [0.5, 0.6) is 0 Å². The van der Waals surface area contributed by atoms with Crippen LogP contribution < -0.4 is 0 Å². The van der Waals surface area contributed by atoms with Gasteiger partial charge in [-0.25, -0.2) is 8.42 Å². The Balaban J connectivity index is 1.38. The molecule has 0 atom stereocenters. The number of aromatic nitrogens is 1. The van der Waals surface area contributed by atoms with Crippen LogP contribution in [0, 0.1) is 0 Å². The molecule has 0 N–H and O–H groups in total. The van der Waals surface area contributed by atoms with E-state index >= 15 is 0 Å². The summed E-state index contributed by atoms with van der Waals surface area (Å²) in [6.45, 7) is 11.5. The molecule has 0 amide bonds. The minimum atomic E-state index is -3.47. The molecule has 0 aliphatic carbocycles. The summed E-state index contributed by atoms with van der Waals surface area (Å²) in [4.78, 5) is 9.93. The normalized spacial score (nSPS) is 19.7. The maximum Gasteiger partial charge on any atom is 0.243 e. The molecule has 0 bridgehead atoms. The Morgan fingerprint density at radius 1 is 0.935 bits per heavy atom. The standard InChI is InChI=1S/C23H32N4O3S/c1-19(2)26-11-9-25(10-12-26)18-20-3-8-23(24-17-20)21-4-6-22(7-5-21)31(28,29)27-13-15-30-16-14-27/h3-8,17,19H,9-16,18H2,1-2H3. The molecule has 0 unspecified atom stereocenters. The Kier molecular flexibility index (Phi) is 7.03. The highest BCUT2D eigenvalue weighted by Gasteiger charge is 2.26. The second-order valence-electron chi connectivity index (χ2n) is 8.50. The predicted molar refractivity (Wildman–Crippen MR) is 121 cm³/mol. The van der Waals surface area contributed by atoms with Gasteiger partial charge in [-0.3, -0.25) is 14.8 Å². The van der Waals surface area contributed by atoms with E-state index in [4.69, 9.17) is 4.74 Å². The van der Waals surface area contributed by atoms with Gasteiger partial charge in [-0.15, -0.1) is 0 Å². The molecule has 0 spiro atoms. The first-order chi connectivity index (χ1) is 14.9. The third-order valence-corrected chi connectivity index (χ3v) is 8.04. The van der Waals surface area contributed by atoms with Gasteiger partial charge in [0, 0.05) is 63.6 Å². The number of sulfonamides is 1. The molecule has 31 heavy (non-hydrogen) atoms. The van der Waals surface area contributed by atoms with Crippen LogP contribution in [0.25, 0.3) is 11.3 Å². The molecule has 0 saturated carbocycles. The van der Waals surface area contributed by atoms with Gasteiger partial charge in [-0.05, 0) is 37.6 Å². The van der Waals surface area contributed by atoms with E-state index in [2.05, 4.69) is 34.7 Å². The van der Waals surface area contributed by atoms with Crippen molar-refractivity contribution in [2.24, 2.45) is 0 Å². The Morgan fingerprint density at radius 3 is 2.19 bits per heavy atom. The van der Waals surface area contributed by atoms with Crippen molar-refractivity contribution in [3.8, 4) is 11.3 Å². The van der Waals surface area contributed by atoms with Crippen molar-refractivity contribution in [2.75, 3.05) is 52.5 Å². The Bertz CT molecular complexity index is 947. The number of pyridine rings is 1. The monoisotopic (exact) mass is 444 g/mol. The first-order valence-corrected chi connectivity index (χ1v) is 12.5. The molecule has 2 fully saturated rings. The van der Waals surface area contributed by atoms with Crippen molar-refractivity contribution in [3.05, 3.63) is 48.2 Å². The topological polar surface area (TPSA) is 66.0 Å². The van der Waals surface area contributed by atoms with Crippen LogP contribution in [0.4, 0.5) is 0 Å². The Labute approximate surface area is 185 Å². The van der Waals surface area contributed by atoms with Gasteiger partial charge >= 0.3 is 0 Å². The van der Waals surface area contributed by atoms with Gasteiger partial charge in [0.1, 0.15) is 0 Å². The smallest absolute Gasteiger partial charge is 0.243 e. The molecule has 0 radical (unpaired) electrons. The van der Waals surface area contributed by atoms with E-state index in [1.807, 2.05) is 24.4 Å². The first-order valence-electron chi connectivity index (χ1n) is 11.0. The average Bonchev–Trinajstić information content (AvgIpc) is 2.81. The molecular formula is C23H32N4O3S. The number of hydrogen-bond acceptors (Lipinski definition) is 6. The molecule has 2 aliphatic rings. The number of morpholine rings is 1. The predicted octanol–water partition coefficient (Wildman–Crippen LogP) is 2.30. The Morgan fingerprint density at radius 2 is 1.61 bits per heavy atom. The highest BCUT2D eigenvalue weighted by atomic mass is 32.2. The number of hydrogen-bond donors (Lipinski definition) is 0. The quantitative estimate of drug-likeness (QED) is 0.681. The highest BCUT2D eigenvalue weighted by molar-refractivity contribution is 7.89. The van der Waals surface area contributed by atoms with Crippen molar-refractivity contribution >= 4 is 10.0 Å². The first kappa shape index (κ1) is 22.4. The molecule has 1 aromatic heterocycles. The van der Waals surface area contributed by atoms with Gasteiger partial charge in [-0.1, -0.05) is 18.2 Å². The minimum Gasteiger partial charge on any atom is -0.379 e. The van der Waals surface area contributed by atoms with Gasteiger partial charge in [0.05, 0.1) is 23.8 Å². The van der Waals surface area contributed by atoms with Crippen LogP contribution in [0.2, 0.25) is 0 Å². The summed E-state index contributed by atoms with van der Waals surface area (Å²) in [6, 6.07) is 11.8. The van der Waals surface area contributed by atoms with Crippen molar-refractivity contribution in [1.29, 1.82) is 0 Å². The van der Waals surface area contributed by atoms with Crippen LogP contribution >= 0.6 is 0 Å². The molecule has 4 rings (SSSR count). The van der Waals surface area contributed by atoms with Crippen LogP contribution in [0.3, 0.4) is 0 Å². The van der Waals surface area contributed by atoms with Crippen molar-refractivity contribution in [1.82, 2.24) is 19.1 Å². The summed E-state index contributed by atoms with van der Waals surface area (Å²) in [5.74, 6) is 0. The average molecular weight is 445 g/mol. The molecule has 1 aromatic carbocycles. The summed E-state index contributed by atoms with van der Waals surface area (Å²) in [5.41, 5.74) is 2.97. The molecule has 2 saturated heterocycles. The van der Waals surface area contributed by atoms with Crippen molar-refractivity contribution in [3.63, 3.8) is 0 Å². The van der Waals surface area contributed by atoms with E-state index in [1.54, 1.807) is 12.1 Å². The van der Waals surface area contributed by atoms with Gasteiger partial charge in [0.15, 0.2) is 0 Å². The number of benzene rings is 1. The van der Waals surface area contributed by atoms with Crippen LogP contribution in [0.15, 0.2) is 47.5 Å². The van der Waals surface area contributed by atoms with Gasteiger partial charge in [-0.2, -0.15) is 4.31 Å². The SMILES string of the molecule is CC(C)N1CCN(Cc2ccc(-c3ccc(S(=O)(=O)N4CCOCC4)cc3)nc2)CC1. The third kappa shape index (κ3) is 5.32. The molecule has 7 nitrogen and oxygen atoms in total. The van der Waals surface area contributed by atoms with Gasteiger partial charge in [0.25, 0.3) is 0 Å². The van der Waals surface area contributed by atoms with E-state index in [9.17, 15) is 8.42 Å². The molecule has 8 heteroatoms. The maximum absolute atomic E-state index is 12.8. The van der Waals surface area contributed by atoms with Gasteiger partial charge < -0.3 is 4.74 Å². The van der Waals surface area contributed by atoms with E-state index in [-0.39, 0.29) is 0 Å². The number of nitrogens with zero attached hydrogens (tertiary/aromatic N) is 4. The second kappa shape index (κ2) is 9.75. The zero-order valence-electron chi connectivity index (χ0n) is 18.4. The molecule has 2 aliphatic heterocycles. The molecule has 3 heterocycles. The number of ether oxygens (including phenoxy) is 1. The van der Waals surface area contributed by atoms with E-state index < -0.39 is 10.0 Å². The number of rotatable bonds is 6. The fraction of sp³-hybridized carbons (Fsp3) is 0.522. The van der Waals surface area contributed by atoms with Crippen molar-refractivity contribution in [2.45, 2.75) is 31.3 Å². The number of piperazine rings is 1.